The Hall–Kier alpha value is -3.58. The van der Waals surface area contributed by atoms with Gasteiger partial charge in [0, 0.05) is 6.54 Å². The summed E-state index contributed by atoms with van der Waals surface area (Å²) >= 11 is 3.37. The van der Waals surface area contributed by atoms with Crippen LogP contribution in [0.5, 0.6) is 11.5 Å². The van der Waals surface area contributed by atoms with Crippen molar-refractivity contribution in [3.8, 4) is 11.5 Å². The highest BCUT2D eigenvalue weighted by Gasteiger charge is 2.43. The number of phenolic OH excluding ortho intramolecular Hbond substituents is 1. The molecule has 6 nitrogen and oxygen atoms in total. The Morgan fingerprint density at radius 3 is 2.47 bits per heavy atom. The van der Waals surface area contributed by atoms with Gasteiger partial charge in [0.25, 0.3) is 5.91 Å². The van der Waals surface area contributed by atoms with Crippen molar-refractivity contribution in [3.63, 3.8) is 0 Å². The first-order valence-electron chi connectivity index (χ1n) is 10.8. The van der Waals surface area contributed by atoms with Crippen LogP contribution < -0.4 is 10.2 Å². The number of ether oxygens (including phenoxy) is 1. The Morgan fingerprint density at radius 1 is 1.06 bits per heavy atom. The molecule has 5 rings (SSSR count). The molecule has 1 amide bonds. The molecule has 0 saturated carbocycles. The van der Waals surface area contributed by atoms with E-state index in [9.17, 15) is 14.7 Å². The highest BCUT2D eigenvalue weighted by molar-refractivity contribution is 9.10. The summed E-state index contributed by atoms with van der Waals surface area (Å²) in [4.78, 5) is 29.1. The molecule has 0 fully saturated rings. The molecule has 0 aliphatic carbocycles. The SMILES string of the molecule is COc1cc([C@@H]2c3c(oc4cc(C)c(C)cc4c3=O)C(=O)N2Cc2ccccc2)cc(Br)c1O. The van der Waals surface area contributed by atoms with Crippen molar-refractivity contribution in [2.75, 3.05) is 7.11 Å². The van der Waals surface area contributed by atoms with Crippen LogP contribution in [0.3, 0.4) is 0 Å². The predicted octanol–water partition coefficient (Wildman–Crippen LogP) is 5.63. The zero-order valence-corrected chi connectivity index (χ0v) is 20.5. The Balaban J connectivity index is 1.78. The second-order valence-corrected chi connectivity index (χ2v) is 9.34. The number of aryl methyl sites for hydroxylation is 2. The zero-order valence-electron chi connectivity index (χ0n) is 18.9. The quantitative estimate of drug-likeness (QED) is 0.377. The Morgan fingerprint density at radius 2 is 1.76 bits per heavy atom. The maximum absolute atomic E-state index is 13.8. The van der Waals surface area contributed by atoms with Crippen molar-refractivity contribution in [2.24, 2.45) is 0 Å². The van der Waals surface area contributed by atoms with Gasteiger partial charge >= 0.3 is 0 Å². The van der Waals surface area contributed by atoms with Gasteiger partial charge in [-0.3, -0.25) is 9.59 Å². The standard InChI is InChI=1S/C27H22BrNO5/c1-14-9-18-20(10-15(14)2)34-26-22(24(18)30)23(17-11-19(28)25(31)21(12-17)33-3)29(27(26)32)13-16-7-5-4-6-8-16/h4-12,23,31H,13H2,1-3H3/t23-/m1/s1. The number of phenols is 1. The third-order valence-corrected chi connectivity index (χ3v) is 6.97. The van der Waals surface area contributed by atoms with Crippen LogP contribution in [0.4, 0.5) is 0 Å². The number of fused-ring (bicyclic) bond motifs is 2. The average molecular weight is 520 g/mol. The zero-order chi connectivity index (χ0) is 24.1. The molecule has 1 atom stereocenters. The minimum absolute atomic E-state index is 0.0462. The van der Waals surface area contributed by atoms with Crippen molar-refractivity contribution in [2.45, 2.75) is 26.4 Å². The molecular formula is C27H22BrNO5. The molecule has 7 heteroatoms. The largest absolute Gasteiger partial charge is 0.503 e. The number of hydrogen-bond donors (Lipinski definition) is 1. The van der Waals surface area contributed by atoms with Gasteiger partial charge in [0.15, 0.2) is 16.9 Å². The summed E-state index contributed by atoms with van der Waals surface area (Å²) < 4.78 is 11.8. The van der Waals surface area contributed by atoms with Crippen LogP contribution in [0.15, 0.2) is 68.3 Å². The highest BCUT2D eigenvalue weighted by Crippen LogP contribution is 2.44. The van der Waals surface area contributed by atoms with Crippen LogP contribution >= 0.6 is 15.9 Å². The molecule has 0 unspecified atom stereocenters. The van der Waals surface area contributed by atoms with E-state index in [0.717, 1.165) is 16.7 Å². The van der Waals surface area contributed by atoms with Gasteiger partial charge in [-0.05, 0) is 76.3 Å². The predicted molar refractivity (Wildman–Crippen MR) is 132 cm³/mol. The number of halogens is 1. The summed E-state index contributed by atoms with van der Waals surface area (Å²) in [5.41, 5.74) is 3.93. The Kier molecular flexibility index (Phi) is 5.44. The van der Waals surface area contributed by atoms with E-state index < -0.39 is 6.04 Å². The molecule has 1 aliphatic heterocycles. The molecule has 1 N–H and O–H groups in total. The molecule has 0 bridgehead atoms. The number of carbonyl (C=O) groups excluding carboxylic acids is 1. The lowest BCUT2D eigenvalue weighted by Gasteiger charge is -2.26. The number of methoxy groups -OCH3 is 1. The van der Waals surface area contributed by atoms with Crippen LogP contribution in [0.25, 0.3) is 11.0 Å². The monoisotopic (exact) mass is 519 g/mol. The Labute approximate surface area is 204 Å². The molecule has 172 valence electrons. The van der Waals surface area contributed by atoms with Gasteiger partial charge in [0.2, 0.25) is 5.76 Å². The van der Waals surface area contributed by atoms with Crippen LogP contribution in [0.1, 0.15) is 44.4 Å². The summed E-state index contributed by atoms with van der Waals surface area (Å²) in [6.45, 7) is 4.16. The number of nitrogens with zero attached hydrogens (tertiary/aromatic N) is 1. The van der Waals surface area contributed by atoms with E-state index in [0.29, 0.717) is 21.0 Å². The lowest BCUT2D eigenvalue weighted by atomic mass is 9.97. The van der Waals surface area contributed by atoms with E-state index in [-0.39, 0.29) is 40.7 Å². The number of amides is 1. The van der Waals surface area contributed by atoms with Crippen LogP contribution in [0, 0.1) is 13.8 Å². The summed E-state index contributed by atoms with van der Waals surface area (Å²) in [5.74, 6) is -0.127. The summed E-state index contributed by atoms with van der Waals surface area (Å²) in [6, 6.07) is 15.8. The van der Waals surface area contributed by atoms with Gasteiger partial charge < -0.3 is 19.2 Å². The van der Waals surface area contributed by atoms with Crippen molar-refractivity contribution in [3.05, 3.63) is 103 Å². The molecule has 2 heterocycles. The maximum atomic E-state index is 13.8. The van der Waals surface area contributed by atoms with Gasteiger partial charge in [-0.1, -0.05) is 30.3 Å². The molecule has 34 heavy (non-hydrogen) atoms. The smallest absolute Gasteiger partial charge is 0.291 e. The first-order valence-corrected chi connectivity index (χ1v) is 11.6. The highest BCUT2D eigenvalue weighted by atomic mass is 79.9. The summed E-state index contributed by atoms with van der Waals surface area (Å²) in [6.07, 6.45) is 0. The summed E-state index contributed by atoms with van der Waals surface area (Å²) in [5, 5.41) is 10.8. The molecule has 4 aromatic rings. The Bertz CT molecular complexity index is 1510. The fourth-order valence-electron chi connectivity index (χ4n) is 4.47. The number of benzene rings is 3. The van der Waals surface area contributed by atoms with Crippen LogP contribution in [-0.2, 0) is 6.54 Å². The third-order valence-electron chi connectivity index (χ3n) is 6.36. The van der Waals surface area contributed by atoms with E-state index in [1.165, 1.54) is 7.11 Å². The second-order valence-electron chi connectivity index (χ2n) is 8.48. The number of rotatable bonds is 4. The fraction of sp³-hybridized carbons (Fsp3) is 0.185. The molecule has 3 aromatic carbocycles. The third kappa shape index (κ3) is 3.47. The van der Waals surface area contributed by atoms with Crippen LogP contribution in [-0.4, -0.2) is 23.0 Å². The van der Waals surface area contributed by atoms with E-state index in [4.69, 9.17) is 9.15 Å². The first-order chi connectivity index (χ1) is 16.3. The van der Waals surface area contributed by atoms with Gasteiger partial charge in [-0.15, -0.1) is 0 Å². The molecule has 0 spiro atoms. The van der Waals surface area contributed by atoms with E-state index in [1.807, 2.05) is 50.2 Å². The van der Waals surface area contributed by atoms with Gasteiger partial charge in [-0.25, -0.2) is 0 Å². The lowest BCUT2D eigenvalue weighted by molar-refractivity contribution is 0.0714. The first kappa shape index (κ1) is 22.2. The van der Waals surface area contributed by atoms with Crippen molar-refractivity contribution in [1.82, 2.24) is 4.90 Å². The number of hydrogen-bond acceptors (Lipinski definition) is 5. The van der Waals surface area contributed by atoms with E-state index in [1.54, 1.807) is 23.1 Å². The maximum Gasteiger partial charge on any atom is 0.291 e. The minimum Gasteiger partial charge on any atom is -0.503 e. The van der Waals surface area contributed by atoms with E-state index in [2.05, 4.69) is 15.9 Å². The van der Waals surface area contributed by atoms with Crippen molar-refractivity contribution in [1.29, 1.82) is 0 Å². The summed E-state index contributed by atoms with van der Waals surface area (Å²) in [7, 11) is 1.45. The average Bonchev–Trinajstić information content (AvgIpc) is 3.09. The fourth-order valence-corrected chi connectivity index (χ4v) is 4.93. The van der Waals surface area contributed by atoms with Gasteiger partial charge in [0.05, 0.1) is 28.6 Å². The van der Waals surface area contributed by atoms with Gasteiger partial charge in [0.1, 0.15) is 5.58 Å². The van der Waals surface area contributed by atoms with E-state index >= 15 is 0 Å². The molecule has 1 aliphatic rings. The van der Waals surface area contributed by atoms with Crippen molar-refractivity contribution < 1.29 is 19.1 Å². The van der Waals surface area contributed by atoms with Gasteiger partial charge in [-0.2, -0.15) is 0 Å². The topological polar surface area (TPSA) is 80.0 Å². The van der Waals surface area contributed by atoms with Crippen molar-refractivity contribution >= 4 is 32.8 Å². The lowest BCUT2D eigenvalue weighted by Crippen LogP contribution is -2.29. The molecule has 0 radical (unpaired) electrons. The van der Waals surface area contributed by atoms with Crippen LogP contribution in [0.2, 0.25) is 0 Å². The normalized spacial score (nSPS) is 15.1. The second kappa shape index (κ2) is 8.33. The number of aromatic hydroxyl groups is 1. The molecule has 0 saturated heterocycles. The minimum atomic E-state index is -0.712. The molecule has 1 aromatic heterocycles. The number of carbonyl (C=O) groups is 1. The molecular weight excluding hydrogens is 498 g/mol.